The Morgan fingerprint density at radius 2 is 1.57 bits per heavy atom. The van der Waals surface area contributed by atoms with Gasteiger partial charge in [-0.25, -0.2) is 0 Å². The fourth-order valence-electron chi connectivity index (χ4n) is 4.83. The van der Waals surface area contributed by atoms with Crippen LogP contribution < -0.4 is 32.2 Å². The molecule has 0 unspecified atom stereocenters. The van der Waals surface area contributed by atoms with Crippen molar-refractivity contribution in [2.75, 3.05) is 47.9 Å². The van der Waals surface area contributed by atoms with Crippen molar-refractivity contribution in [3.63, 3.8) is 0 Å². The second-order valence-electron chi connectivity index (χ2n) is 12.3. The number of amides is 3. The first-order chi connectivity index (χ1) is 21.8. The summed E-state index contributed by atoms with van der Waals surface area (Å²) >= 11 is 7.04. The van der Waals surface area contributed by atoms with Gasteiger partial charge in [0.1, 0.15) is 17.8 Å². The molecule has 3 amide bonds. The van der Waals surface area contributed by atoms with Crippen LogP contribution in [-0.2, 0) is 27.2 Å². The molecule has 0 fully saturated rings. The van der Waals surface area contributed by atoms with E-state index in [1.165, 1.54) is 0 Å². The van der Waals surface area contributed by atoms with Crippen LogP contribution in [0.1, 0.15) is 49.7 Å². The molecule has 0 aromatic heterocycles. The number of nitrogens with zero attached hydrogens (tertiary/aromatic N) is 2. The predicted molar refractivity (Wildman–Crippen MR) is 190 cm³/mol. The van der Waals surface area contributed by atoms with Crippen molar-refractivity contribution in [2.24, 2.45) is 16.5 Å². The number of nitrogens with two attached hydrogens (primary N) is 2. The van der Waals surface area contributed by atoms with Gasteiger partial charge in [0.15, 0.2) is 5.96 Å². The second-order valence-corrected chi connectivity index (χ2v) is 14.0. The summed E-state index contributed by atoms with van der Waals surface area (Å²) in [5.41, 5.74) is 12.8. The summed E-state index contributed by atoms with van der Waals surface area (Å²) in [7, 11) is 8.00. The number of guanidine groups is 1. The Morgan fingerprint density at radius 1 is 0.891 bits per heavy atom. The molecule has 0 saturated carbocycles. The number of nitrogens with one attached hydrogen (secondary N) is 3. The summed E-state index contributed by atoms with van der Waals surface area (Å²) in [6.45, 7) is 1.74. The highest BCUT2D eigenvalue weighted by atomic mass is 79.9. The van der Waals surface area contributed by atoms with Crippen LogP contribution in [0.2, 0.25) is 0 Å². The van der Waals surface area contributed by atoms with Gasteiger partial charge in [-0.2, -0.15) is 0 Å². The summed E-state index contributed by atoms with van der Waals surface area (Å²) < 4.78 is 7.70. The molecular formula is C33H50Br2N7O4+. The molecule has 2 rings (SSSR count). The predicted octanol–water partition coefficient (Wildman–Crippen LogP) is 3.41. The smallest absolute Gasteiger partial charge is 0.243 e. The summed E-state index contributed by atoms with van der Waals surface area (Å²) in [6.07, 6.45) is 4.58. The lowest BCUT2D eigenvalue weighted by atomic mass is 10.0. The molecule has 11 nitrogen and oxygen atoms in total. The Kier molecular flexibility index (Phi) is 17.1. The van der Waals surface area contributed by atoms with E-state index in [0.29, 0.717) is 53.5 Å². The van der Waals surface area contributed by atoms with Crippen LogP contribution in [0.5, 0.6) is 5.75 Å². The first-order valence-corrected chi connectivity index (χ1v) is 17.2. The topological polar surface area (TPSA) is 161 Å². The van der Waals surface area contributed by atoms with Crippen molar-refractivity contribution in [3.05, 3.63) is 62.5 Å². The van der Waals surface area contributed by atoms with Gasteiger partial charge in [0.2, 0.25) is 17.7 Å². The third kappa shape index (κ3) is 15.4. The quantitative estimate of drug-likeness (QED) is 0.0601. The normalized spacial score (nSPS) is 12.5. The average Bonchev–Trinajstić information content (AvgIpc) is 2.97. The SMILES string of the molecule is COc1c(Br)cc(C[C@H](NC(=O)CCCCC[N+](C)(C)C)C(=O)N[C@@H](CCCN=C(N)N)C(=O)NCCc2ccccc2)cc1Br. The van der Waals surface area contributed by atoms with E-state index in [9.17, 15) is 14.4 Å². The van der Waals surface area contributed by atoms with E-state index >= 15 is 0 Å². The van der Waals surface area contributed by atoms with E-state index in [4.69, 9.17) is 16.2 Å². The highest BCUT2D eigenvalue weighted by molar-refractivity contribution is 9.11. The molecule has 2 atom stereocenters. The first-order valence-electron chi connectivity index (χ1n) is 15.6. The molecule has 0 aliphatic heterocycles. The van der Waals surface area contributed by atoms with E-state index in [0.717, 1.165) is 41.4 Å². The number of methoxy groups -OCH3 is 1. The minimum atomic E-state index is -0.914. The molecule has 0 saturated heterocycles. The van der Waals surface area contributed by atoms with Crippen LogP contribution >= 0.6 is 31.9 Å². The Hall–Kier alpha value is -3.16. The Labute approximate surface area is 290 Å². The minimum Gasteiger partial charge on any atom is -0.494 e. The number of unbranched alkanes of at least 4 members (excludes halogenated alkanes) is 2. The number of hydrogen-bond donors (Lipinski definition) is 5. The van der Waals surface area contributed by atoms with Crippen LogP contribution in [-0.4, -0.2) is 88.1 Å². The van der Waals surface area contributed by atoms with Crippen LogP contribution in [0.3, 0.4) is 0 Å². The molecule has 0 bridgehead atoms. The molecule has 46 heavy (non-hydrogen) atoms. The van der Waals surface area contributed by atoms with Gasteiger partial charge in [-0.1, -0.05) is 30.3 Å². The first kappa shape index (κ1) is 39.0. The number of halogens is 2. The van der Waals surface area contributed by atoms with Crippen LogP contribution in [0.4, 0.5) is 0 Å². The number of ether oxygens (including phenoxy) is 1. The largest absolute Gasteiger partial charge is 0.494 e. The fourth-order valence-corrected chi connectivity index (χ4v) is 6.43. The number of rotatable bonds is 20. The number of carbonyl (C=O) groups excluding carboxylic acids is 3. The zero-order chi connectivity index (χ0) is 34.1. The summed E-state index contributed by atoms with van der Waals surface area (Å²) in [4.78, 5) is 44.2. The molecule has 0 radical (unpaired) electrons. The lowest BCUT2D eigenvalue weighted by molar-refractivity contribution is -0.870. The van der Waals surface area contributed by atoms with Gasteiger partial charge in [-0.3, -0.25) is 19.4 Å². The molecule has 254 valence electrons. The molecule has 7 N–H and O–H groups in total. The highest BCUT2D eigenvalue weighted by Gasteiger charge is 2.27. The number of benzene rings is 2. The Bertz CT molecular complexity index is 1280. The van der Waals surface area contributed by atoms with Crippen molar-refractivity contribution >= 4 is 55.5 Å². The van der Waals surface area contributed by atoms with Gasteiger partial charge in [0, 0.05) is 25.9 Å². The molecule has 0 heterocycles. The molecule has 2 aromatic carbocycles. The van der Waals surface area contributed by atoms with Crippen molar-refractivity contribution < 1.29 is 23.6 Å². The van der Waals surface area contributed by atoms with E-state index in [1.54, 1.807) is 7.11 Å². The summed E-state index contributed by atoms with van der Waals surface area (Å²) in [5, 5.41) is 8.76. The molecule has 2 aromatic rings. The van der Waals surface area contributed by atoms with Gasteiger partial charge in [0.25, 0.3) is 0 Å². The van der Waals surface area contributed by atoms with Gasteiger partial charge >= 0.3 is 0 Å². The zero-order valence-electron chi connectivity index (χ0n) is 27.4. The second kappa shape index (κ2) is 20.2. The molecule has 0 aliphatic carbocycles. The molecule has 13 heteroatoms. The molecule has 0 spiro atoms. The minimum absolute atomic E-state index is 0.0371. The van der Waals surface area contributed by atoms with Crippen LogP contribution in [0.15, 0.2) is 56.4 Å². The number of carbonyl (C=O) groups is 3. The van der Waals surface area contributed by atoms with Gasteiger partial charge in [-0.15, -0.1) is 0 Å². The maximum absolute atomic E-state index is 13.8. The van der Waals surface area contributed by atoms with E-state index < -0.39 is 18.0 Å². The maximum Gasteiger partial charge on any atom is 0.243 e. The van der Waals surface area contributed by atoms with Crippen molar-refractivity contribution in [3.8, 4) is 5.75 Å². The number of aliphatic imine (C=N–C) groups is 1. The summed E-state index contributed by atoms with van der Waals surface area (Å²) in [5.74, 6) is -0.396. The number of quaternary nitrogens is 1. The van der Waals surface area contributed by atoms with Gasteiger partial charge in [0.05, 0.1) is 43.7 Å². The van der Waals surface area contributed by atoms with Gasteiger partial charge in [-0.05, 0) is 93.6 Å². The zero-order valence-corrected chi connectivity index (χ0v) is 30.6. The van der Waals surface area contributed by atoms with E-state index in [2.05, 4.69) is 73.9 Å². The van der Waals surface area contributed by atoms with E-state index in [1.807, 2.05) is 42.5 Å². The van der Waals surface area contributed by atoms with Crippen molar-refractivity contribution in [1.82, 2.24) is 16.0 Å². The standard InChI is InChI=1S/C33H49Br2N7O4/c1-42(2,3)19-10-6-9-15-29(43)40-28(22-24-20-25(34)30(46-4)26(35)21-24)32(45)41-27(14-11-17-39-33(36)37)31(44)38-18-16-23-12-7-5-8-13-23/h5,7-8,12-13,20-21,27-28H,6,9-11,14-19,22H2,1-4H3,(H6-,36,37,38,39,40,41,43,44,45)/p+1/t27-,28-/m0/s1. The summed E-state index contributed by atoms with van der Waals surface area (Å²) in [6, 6.07) is 11.8. The highest BCUT2D eigenvalue weighted by Crippen LogP contribution is 2.34. The monoisotopic (exact) mass is 766 g/mol. The molecule has 0 aliphatic rings. The van der Waals surface area contributed by atoms with Gasteiger partial charge < -0.3 is 36.6 Å². The molecular weight excluding hydrogens is 718 g/mol. The average molecular weight is 769 g/mol. The number of hydrogen-bond acceptors (Lipinski definition) is 5. The van der Waals surface area contributed by atoms with Crippen LogP contribution in [0.25, 0.3) is 0 Å². The third-order valence-corrected chi connectivity index (χ3v) is 8.40. The fraction of sp³-hybridized carbons (Fsp3) is 0.515. The maximum atomic E-state index is 13.8. The van der Waals surface area contributed by atoms with Crippen molar-refractivity contribution in [2.45, 2.75) is 63.5 Å². The van der Waals surface area contributed by atoms with E-state index in [-0.39, 0.29) is 24.2 Å². The Balaban J connectivity index is 2.18. The lowest BCUT2D eigenvalue weighted by Gasteiger charge is -2.24. The van der Waals surface area contributed by atoms with Crippen molar-refractivity contribution in [1.29, 1.82) is 0 Å². The third-order valence-electron chi connectivity index (χ3n) is 7.22. The lowest BCUT2D eigenvalue weighted by Crippen LogP contribution is -2.54. The Morgan fingerprint density at radius 3 is 2.17 bits per heavy atom. The van der Waals surface area contributed by atoms with Crippen LogP contribution in [0, 0.1) is 0 Å².